The van der Waals surface area contributed by atoms with Gasteiger partial charge in [0, 0.05) is 26.2 Å². The molecular weight excluding hydrogens is 480 g/mol. The van der Waals surface area contributed by atoms with Gasteiger partial charge in [0.05, 0.1) is 0 Å². The van der Waals surface area contributed by atoms with Crippen LogP contribution in [0.4, 0.5) is 0 Å². The lowest BCUT2D eigenvalue weighted by atomic mass is 9.96. The summed E-state index contributed by atoms with van der Waals surface area (Å²) in [6, 6.07) is 8.78. The fraction of sp³-hybridized carbons (Fsp3) is 0.750. The Labute approximate surface area is 231 Å². The van der Waals surface area contributed by atoms with Crippen LogP contribution in [-0.2, 0) is 31.9 Å². The lowest BCUT2D eigenvalue weighted by Gasteiger charge is -2.14. The molecule has 0 bridgehead atoms. The summed E-state index contributed by atoms with van der Waals surface area (Å²) < 4.78 is 11.2. The van der Waals surface area contributed by atoms with E-state index in [1.165, 1.54) is 43.2 Å². The zero-order chi connectivity index (χ0) is 27.8. The first kappa shape index (κ1) is 34.1. The minimum atomic E-state index is -0.851. The predicted molar refractivity (Wildman–Crippen MR) is 154 cm³/mol. The molecule has 6 heteroatoms. The molecule has 0 fully saturated rings. The van der Waals surface area contributed by atoms with E-state index < -0.39 is 18.0 Å². The summed E-state index contributed by atoms with van der Waals surface area (Å²) in [4.78, 5) is 22.1. The Balaban J connectivity index is 2.11. The molecule has 1 rings (SSSR count). The zero-order valence-electron chi connectivity index (χ0n) is 24.1. The lowest BCUT2D eigenvalue weighted by molar-refractivity contribution is -0.151. The maximum absolute atomic E-state index is 11.5. The number of carbonyl (C=O) groups is 2. The van der Waals surface area contributed by atoms with Crippen LogP contribution in [0.15, 0.2) is 24.3 Å². The van der Waals surface area contributed by atoms with E-state index in [0.717, 1.165) is 70.8 Å². The van der Waals surface area contributed by atoms with Gasteiger partial charge < -0.3 is 19.7 Å². The number of aryl methyl sites for hydroxylation is 2. The Morgan fingerprint density at radius 1 is 0.711 bits per heavy atom. The van der Waals surface area contributed by atoms with E-state index >= 15 is 0 Å². The first-order chi connectivity index (χ1) is 18.4. The van der Waals surface area contributed by atoms with E-state index in [0.29, 0.717) is 32.0 Å². The van der Waals surface area contributed by atoms with Crippen molar-refractivity contribution in [3.8, 4) is 0 Å². The van der Waals surface area contributed by atoms with Gasteiger partial charge in [-0.15, -0.1) is 0 Å². The SMILES string of the molecule is CC(C)COCCCCOC(CCCCCCCc1ccccc1CCCCCCCCC(=O)O)C(=O)O. The van der Waals surface area contributed by atoms with Crippen LogP contribution in [0.25, 0.3) is 0 Å². The van der Waals surface area contributed by atoms with E-state index in [9.17, 15) is 14.7 Å². The summed E-state index contributed by atoms with van der Waals surface area (Å²) >= 11 is 0. The van der Waals surface area contributed by atoms with Gasteiger partial charge in [-0.05, 0) is 68.4 Å². The van der Waals surface area contributed by atoms with Crippen LogP contribution in [0, 0.1) is 5.92 Å². The molecule has 38 heavy (non-hydrogen) atoms. The third-order valence-electron chi connectivity index (χ3n) is 6.85. The fourth-order valence-electron chi connectivity index (χ4n) is 4.65. The number of unbranched alkanes of at least 4 members (excludes halogenated alkanes) is 10. The van der Waals surface area contributed by atoms with Crippen LogP contribution in [0.3, 0.4) is 0 Å². The minimum Gasteiger partial charge on any atom is -0.481 e. The molecule has 0 aromatic heterocycles. The highest BCUT2D eigenvalue weighted by molar-refractivity contribution is 5.72. The largest absolute Gasteiger partial charge is 0.481 e. The number of carboxylic acid groups (broad SMARTS) is 2. The van der Waals surface area contributed by atoms with Crippen molar-refractivity contribution in [3.05, 3.63) is 35.4 Å². The molecule has 0 spiro atoms. The Bertz CT molecular complexity index is 732. The fourth-order valence-corrected chi connectivity index (χ4v) is 4.65. The molecule has 218 valence electrons. The summed E-state index contributed by atoms with van der Waals surface area (Å²) in [6.07, 6.45) is 16.0. The van der Waals surface area contributed by atoms with E-state index in [1.807, 2.05) is 0 Å². The second-order valence-electron chi connectivity index (χ2n) is 11.0. The molecule has 0 aliphatic carbocycles. The van der Waals surface area contributed by atoms with E-state index in [2.05, 4.69) is 38.1 Å². The standard InChI is InChI=1S/C32H54O6/c1-27(2)26-37-24-16-17-25-38-30(32(35)36)22-12-8-5-7-11-19-29-21-15-14-20-28(29)18-10-6-3-4-9-13-23-31(33)34/h14-15,20-21,27,30H,3-13,16-19,22-26H2,1-2H3,(H,33,34)(H,35,36). The molecule has 2 N–H and O–H groups in total. The molecule has 1 unspecified atom stereocenters. The average Bonchev–Trinajstić information content (AvgIpc) is 2.88. The number of hydrogen-bond donors (Lipinski definition) is 2. The third-order valence-corrected chi connectivity index (χ3v) is 6.85. The van der Waals surface area contributed by atoms with Crippen molar-refractivity contribution in [1.82, 2.24) is 0 Å². The Morgan fingerprint density at radius 2 is 1.24 bits per heavy atom. The second kappa shape index (κ2) is 23.0. The van der Waals surface area contributed by atoms with E-state index in [4.69, 9.17) is 14.6 Å². The number of carboxylic acids is 2. The number of rotatable bonds is 26. The smallest absolute Gasteiger partial charge is 0.332 e. The van der Waals surface area contributed by atoms with Crippen molar-refractivity contribution < 1.29 is 29.3 Å². The topological polar surface area (TPSA) is 93.1 Å². The number of benzene rings is 1. The van der Waals surface area contributed by atoms with Gasteiger partial charge in [-0.25, -0.2) is 4.79 Å². The van der Waals surface area contributed by atoms with Crippen LogP contribution >= 0.6 is 0 Å². The molecule has 1 atom stereocenters. The molecule has 1 aromatic rings. The number of hydrogen-bond acceptors (Lipinski definition) is 4. The van der Waals surface area contributed by atoms with Crippen molar-refractivity contribution in [3.63, 3.8) is 0 Å². The van der Waals surface area contributed by atoms with Gasteiger partial charge in [0.1, 0.15) is 0 Å². The minimum absolute atomic E-state index is 0.292. The highest BCUT2D eigenvalue weighted by atomic mass is 16.5. The van der Waals surface area contributed by atoms with Crippen LogP contribution < -0.4 is 0 Å². The first-order valence-corrected chi connectivity index (χ1v) is 15.1. The van der Waals surface area contributed by atoms with Gasteiger partial charge in [0.2, 0.25) is 0 Å². The molecule has 6 nitrogen and oxygen atoms in total. The molecule has 0 aliphatic heterocycles. The van der Waals surface area contributed by atoms with E-state index in [1.54, 1.807) is 0 Å². The van der Waals surface area contributed by atoms with Crippen molar-refractivity contribution in [2.45, 2.75) is 129 Å². The van der Waals surface area contributed by atoms with Crippen LogP contribution in [-0.4, -0.2) is 48.1 Å². The van der Waals surface area contributed by atoms with Gasteiger partial charge in [-0.3, -0.25) is 4.79 Å². The van der Waals surface area contributed by atoms with Gasteiger partial charge in [-0.2, -0.15) is 0 Å². The normalized spacial score (nSPS) is 12.2. The number of ether oxygens (including phenoxy) is 2. The zero-order valence-corrected chi connectivity index (χ0v) is 24.1. The summed E-state index contributed by atoms with van der Waals surface area (Å²) in [6.45, 7) is 6.21. The van der Waals surface area contributed by atoms with Crippen molar-refractivity contribution in [2.24, 2.45) is 5.92 Å². The molecule has 0 amide bonds. The summed E-state index contributed by atoms with van der Waals surface area (Å²) in [5.41, 5.74) is 2.93. The van der Waals surface area contributed by atoms with Crippen molar-refractivity contribution in [2.75, 3.05) is 19.8 Å². The van der Waals surface area contributed by atoms with E-state index in [-0.39, 0.29) is 0 Å². The molecule has 1 aromatic carbocycles. The van der Waals surface area contributed by atoms with Crippen molar-refractivity contribution >= 4 is 11.9 Å². The average molecular weight is 535 g/mol. The lowest BCUT2D eigenvalue weighted by Crippen LogP contribution is -2.24. The predicted octanol–water partition coefficient (Wildman–Crippen LogP) is 7.85. The Kier molecular flexibility index (Phi) is 20.7. The molecular formula is C32H54O6. The van der Waals surface area contributed by atoms with Crippen molar-refractivity contribution in [1.29, 1.82) is 0 Å². The second-order valence-corrected chi connectivity index (χ2v) is 11.0. The molecule has 0 heterocycles. The molecule has 0 radical (unpaired) electrons. The van der Waals surface area contributed by atoms with Gasteiger partial charge in [-0.1, -0.05) is 89.5 Å². The molecule has 0 saturated heterocycles. The van der Waals surface area contributed by atoms with Gasteiger partial charge in [0.25, 0.3) is 0 Å². The maximum atomic E-state index is 11.5. The van der Waals surface area contributed by atoms with Crippen LogP contribution in [0.1, 0.15) is 121 Å². The van der Waals surface area contributed by atoms with Crippen LogP contribution in [0.5, 0.6) is 0 Å². The van der Waals surface area contributed by atoms with Gasteiger partial charge >= 0.3 is 11.9 Å². The summed E-state index contributed by atoms with van der Waals surface area (Å²) in [5, 5.41) is 18.1. The summed E-state index contributed by atoms with van der Waals surface area (Å²) in [5.74, 6) is -1.01. The monoisotopic (exact) mass is 534 g/mol. The maximum Gasteiger partial charge on any atom is 0.332 e. The molecule has 0 saturated carbocycles. The quantitative estimate of drug-likeness (QED) is 0.118. The van der Waals surface area contributed by atoms with Gasteiger partial charge in [0.15, 0.2) is 6.10 Å². The Morgan fingerprint density at radius 3 is 1.79 bits per heavy atom. The number of aliphatic carboxylic acids is 2. The highest BCUT2D eigenvalue weighted by Crippen LogP contribution is 2.18. The highest BCUT2D eigenvalue weighted by Gasteiger charge is 2.17. The molecule has 0 aliphatic rings. The van der Waals surface area contributed by atoms with Crippen LogP contribution in [0.2, 0.25) is 0 Å². The third kappa shape index (κ3) is 19.2. The first-order valence-electron chi connectivity index (χ1n) is 15.1. The summed E-state index contributed by atoms with van der Waals surface area (Å²) in [7, 11) is 0. The Hall–Kier alpha value is -1.92.